The SMILES string of the molecule is COc1ccc(Cl)cc1Nc1ccc(C(=O)Nc2ccc(C#N)cc2)nc1. The van der Waals surface area contributed by atoms with Crippen LogP contribution in [0.25, 0.3) is 0 Å². The fraction of sp³-hybridized carbons (Fsp3) is 0.0500. The van der Waals surface area contributed by atoms with E-state index in [1.165, 1.54) is 0 Å². The molecule has 0 atom stereocenters. The van der Waals surface area contributed by atoms with Gasteiger partial charge in [-0.1, -0.05) is 11.6 Å². The molecule has 0 bridgehead atoms. The van der Waals surface area contributed by atoms with Crippen LogP contribution in [0.5, 0.6) is 5.75 Å². The predicted octanol–water partition coefficient (Wildman–Crippen LogP) is 4.61. The van der Waals surface area contributed by atoms with Crippen molar-refractivity contribution in [2.75, 3.05) is 17.7 Å². The second-order valence-corrected chi connectivity index (χ2v) is 5.98. The van der Waals surface area contributed by atoms with Crippen molar-refractivity contribution in [2.45, 2.75) is 0 Å². The molecule has 134 valence electrons. The van der Waals surface area contributed by atoms with Crippen molar-refractivity contribution in [3.63, 3.8) is 0 Å². The molecule has 2 N–H and O–H groups in total. The van der Waals surface area contributed by atoms with E-state index in [-0.39, 0.29) is 11.6 Å². The van der Waals surface area contributed by atoms with E-state index in [4.69, 9.17) is 21.6 Å². The molecule has 0 spiro atoms. The number of hydrogen-bond acceptors (Lipinski definition) is 5. The zero-order chi connectivity index (χ0) is 19.2. The second kappa shape index (κ2) is 8.21. The van der Waals surface area contributed by atoms with Gasteiger partial charge in [-0.2, -0.15) is 5.26 Å². The number of methoxy groups -OCH3 is 1. The van der Waals surface area contributed by atoms with Crippen molar-refractivity contribution in [1.29, 1.82) is 5.26 Å². The van der Waals surface area contributed by atoms with Crippen LogP contribution in [0.4, 0.5) is 17.1 Å². The van der Waals surface area contributed by atoms with E-state index in [0.29, 0.717) is 33.4 Å². The van der Waals surface area contributed by atoms with Crippen LogP contribution in [0.3, 0.4) is 0 Å². The minimum atomic E-state index is -0.341. The first-order valence-electron chi connectivity index (χ1n) is 7.97. The molecule has 27 heavy (non-hydrogen) atoms. The molecule has 0 saturated carbocycles. The van der Waals surface area contributed by atoms with Crippen LogP contribution in [0.1, 0.15) is 16.1 Å². The number of pyridine rings is 1. The zero-order valence-electron chi connectivity index (χ0n) is 14.4. The summed E-state index contributed by atoms with van der Waals surface area (Å²) in [6.45, 7) is 0. The van der Waals surface area contributed by atoms with Gasteiger partial charge in [-0.15, -0.1) is 0 Å². The second-order valence-electron chi connectivity index (χ2n) is 5.54. The van der Waals surface area contributed by atoms with Gasteiger partial charge in [0, 0.05) is 10.7 Å². The summed E-state index contributed by atoms with van der Waals surface area (Å²) in [6.07, 6.45) is 1.55. The molecule has 0 saturated heterocycles. The minimum Gasteiger partial charge on any atom is -0.495 e. The molecule has 0 aliphatic heterocycles. The van der Waals surface area contributed by atoms with E-state index in [2.05, 4.69) is 15.6 Å². The summed E-state index contributed by atoms with van der Waals surface area (Å²) in [7, 11) is 1.57. The first-order valence-corrected chi connectivity index (χ1v) is 8.35. The molecule has 1 aromatic heterocycles. The average Bonchev–Trinajstić information content (AvgIpc) is 2.69. The zero-order valence-corrected chi connectivity index (χ0v) is 15.1. The van der Waals surface area contributed by atoms with Crippen LogP contribution in [-0.2, 0) is 0 Å². The van der Waals surface area contributed by atoms with E-state index >= 15 is 0 Å². The van der Waals surface area contributed by atoms with Crippen molar-refractivity contribution < 1.29 is 9.53 Å². The van der Waals surface area contributed by atoms with Crippen LogP contribution < -0.4 is 15.4 Å². The fourth-order valence-electron chi connectivity index (χ4n) is 2.36. The molecule has 0 aliphatic rings. The third-order valence-corrected chi connectivity index (χ3v) is 3.94. The molecule has 3 rings (SSSR count). The maximum atomic E-state index is 12.3. The van der Waals surface area contributed by atoms with Crippen LogP contribution in [0, 0.1) is 11.3 Å². The summed E-state index contributed by atoms with van der Waals surface area (Å²) in [5, 5.41) is 15.3. The Morgan fingerprint density at radius 1 is 1.11 bits per heavy atom. The van der Waals surface area contributed by atoms with E-state index < -0.39 is 0 Å². The molecule has 2 aromatic carbocycles. The lowest BCUT2D eigenvalue weighted by molar-refractivity contribution is 0.102. The summed E-state index contributed by atoms with van der Waals surface area (Å²) in [6, 6.07) is 17.2. The van der Waals surface area contributed by atoms with Gasteiger partial charge in [0.15, 0.2) is 0 Å². The third-order valence-electron chi connectivity index (χ3n) is 3.71. The molecule has 0 aliphatic carbocycles. The van der Waals surface area contributed by atoms with Gasteiger partial charge in [-0.25, -0.2) is 4.98 Å². The van der Waals surface area contributed by atoms with Gasteiger partial charge < -0.3 is 15.4 Å². The Bertz CT molecular complexity index is 996. The van der Waals surface area contributed by atoms with Crippen molar-refractivity contribution in [3.05, 3.63) is 77.1 Å². The smallest absolute Gasteiger partial charge is 0.274 e. The Balaban J connectivity index is 1.70. The Morgan fingerprint density at radius 3 is 2.48 bits per heavy atom. The van der Waals surface area contributed by atoms with E-state index in [1.807, 2.05) is 6.07 Å². The minimum absolute atomic E-state index is 0.267. The number of amides is 1. The summed E-state index contributed by atoms with van der Waals surface area (Å²) >= 11 is 6.02. The van der Waals surface area contributed by atoms with Gasteiger partial charge in [0.2, 0.25) is 0 Å². The Morgan fingerprint density at radius 2 is 1.85 bits per heavy atom. The summed E-state index contributed by atoms with van der Waals surface area (Å²) in [4.78, 5) is 16.5. The van der Waals surface area contributed by atoms with E-state index in [9.17, 15) is 4.79 Å². The topological polar surface area (TPSA) is 87.0 Å². The molecule has 0 fully saturated rings. The molecular weight excluding hydrogens is 364 g/mol. The quantitative estimate of drug-likeness (QED) is 0.676. The van der Waals surface area contributed by atoms with Gasteiger partial charge in [0.1, 0.15) is 11.4 Å². The Hall–Kier alpha value is -3.56. The number of rotatable bonds is 5. The maximum Gasteiger partial charge on any atom is 0.274 e. The number of benzene rings is 2. The standard InChI is InChI=1S/C20H15ClN4O2/c1-27-19-9-4-14(21)10-18(19)24-16-7-8-17(23-12-16)20(26)25-15-5-2-13(11-22)3-6-15/h2-10,12,24H,1H3,(H,25,26). The highest BCUT2D eigenvalue weighted by molar-refractivity contribution is 6.31. The number of nitrogens with one attached hydrogen (secondary N) is 2. The van der Waals surface area contributed by atoms with Crippen LogP contribution in [-0.4, -0.2) is 18.0 Å². The number of anilines is 3. The number of hydrogen-bond donors (Lipinski definition) is 2. The largest absolute Gasteiger partial charge is 0.495 e. The number of nitriles is 1. The first-order chi connectivity index (χ1) is 13.1. The third kappa shape index (κ3) is 4.54. The molecule has 1 heterocycles. The number of carbonyl (C=O) groups excluding carboxylic acids is 1. The van der Waals surface area contributed by atoms with Crippen molar-refractivity contribution >= 4 is 34.6 Å². The molecule has 7 heteroatoms. The van der Waals surface area contributed by atoms with Crippen LogP contribution in [0.2, 0.25) is 5.02 Å². The number of aromatic nitrogens is 1. The van der Waals surface area contributed by atoms with Gasteiger partial charge in [0.25, 0.3) is 5.91 Å². The normalized spacial score (nSPS) is 9.96. The molecule has 3 aromatic rings. The Kier molecular flexibility index (Phi) is 5.55. The average molecular weight is 379 g/mol. The lowest BCUT2D eigenvalue weighted by Crippen LogP contribution is -2.13. The van der Waals surface area contributed by atoms with E-state index in [0.717, 1.165) is 0 Å². The van der Waals surface area contributed by atoms with Crippen molar-refractivity contribution in [3.8, 4) is 11.8 Å². The highest BCUT2D eigenvalue weighted by Gasteiger charge is 2.09. The van der Waals surface area contributed by atoms with E-state index in [1.54, 1.807) is 67.9 Å². The summed E-state index contributed by atoms with van der Waals surface area (Å²) in [5.41, 5.74) is 2.76. The number of nitrogens with zero attached hydrogens (tertiary/aromatic N) is 2. The van der Waals surface area contributed by atoms with Crippen molar-refractivity contribution in [1.82, 2.24) is 4.98 Å². The van der Waals surface area contributed by atoms with Crippen molar-refractivity contribution in [2.24, 2.45) is 0 Å². The number of carbonyl (C=O) groups is 1. The van der Waals surface area contributed by atoms with Gasteiger partial charge >= 0.3 is 0 Å². The fourth-order valence-corrected chi connectivity index (χ4v) is 2.53. The summed E-state index contributed by atoms with van der Waals surface area (Å²) in [5.74, 6) is 0.300. The molecule has 0 radical (unpaired) electrons. The van der Waals surface area contributed by atoms with Gasteiger partial charge in [-0.05, 0) is 54.6 Å². The van der Waals surface area contributed by atoms with Crippen LogP contribution in [0.15, 0.2) is 60.8 Å². The Labute approximate surface area is 161 Å². The molecule has 0 unspecified atom stereocenters. The molecule has 6 nitrogen and oxygen atoms in total. The predicted molar refractivity (Wildman–Crippen MR) is 105 cm³/mol. The molecular formula is C20H15ClN4O2. The first kappa shape index (κ1) is 18.2. The van der Waals surface area contributed by atoms with Gasteiger partial charge in [-0.3, -0.25) is 4.79 Å². The highest BCUT2D eigenvalue weighted by atomic mass is 35.5. The number of ether oxygens (including phenoxy) is 1. The van der Waals surface area contributed by atoms with Gasteiger partial charge in [0.05, 0.1) is 36.3 Å². The molecule has 1 amide bonds. The number of halogens is 1. The monoisotopic (exact) mass is 378 g/mol. The highest BCUT2D eigenvalue weighted by Crippen LogP contribution is 2.30. The maximum absolute atomic E-state index is 12.3. The summed E-state index contributed by atoms with van der Waals surface area (Å²) < 4.78 is 5.29. The lowest BCUT2D eigenvalue weighted by Gasteiger charge is -2.11. The van der Waals surface area contributed by atoms with Crippen LogP contribution >= 0.6 is 11.6 Å². The lowest BCUT2D eigenvalue weighted by atomic mass is 10.2.